The molecule has 92 valence electrons. The molecule has 5 nitrogen and oxygen atoms in total. The lowest BCUT2D eigenvalue weighted by atomic mass is 10.1. The van der Waals surface area contributed by atoms with Crippen LogP contribution in [0.4, 0.5) is 0 Å². The molecule has 0 N–H and O–H groups in total. The fourth-order valence-corrected chi connectivity index (χ4v) is 1.72. The molecule has 1 aromatic rings. The van der Waals surface area contributed by atoms with E-state index in [0.717, 1.165) is 6.42 Å². The molecule has 1 fully saturated rings. The molecule has 1 aliphatic rings. The summed E-state index contributed by atoms with van der Waals surface area (Å²) in [6.07, 6.45) is 0.865. The van der Waals surface area contributed by atoms with Crippen LogP contribution in [0.3, 0.4) is 0 Å². The highest BCUT2D eigenvalue weighted by Gasteiger charge is 2.23. The van der Waals surface area contributed by atoms with Gasteiger partial charge < -0.3 is 9.47 Å². The highest BCUT2D eigenvalue weighted by atomic mass is 16.7. The number of hydrogen-bond acceptors (Lipinski definition) is 4. The molecule has 1 aromatic carbocycles. The molecule has 0 unspecified atom stereocenters. The Balaban J connectivity index is 2.27. The predicted molar refractivity (Wildman–Crippen MR) is 61.2 cm³/mol. The molecule has 17 heavy (non-hydrogen) atoms. The normalized spacial score (nSPS) is 14.8. The van der Waals surface area contributed by atoms with Gasteiger partial charge in [0.25, 0.3) is 5.91 Å². The average Bonchev–Trinajstić information content (AvgIpc) is 2.91. The second-order valence-corrected chi connectivity index (χ2v) is 3.66. The van der Waals surface area contributed by atoms with Crippen LogP contribution in [0.25, 0.3) is 0 Å². The number of hydroxylamine groups is 2. The molecule has 0 spiro atoms. The number of methoxy groups -OCH3 is 2. The lowest BCUT2D eigenvalue weighted by molar-refractivity contribution is -0.0769. The van der Waals surface area contributed by atoms with E-state index in [1.54, 1.807) is 25.3 Å². The third kappa shape index (κ3) is 2.34. The van der Waals surface area contributed by atoms with Crippen molar-refractivity contribution in [1.82, 2.24) is 5.06 Å². The first kappa shape index (κ1) is 11.7. The summed E-state index contributed by atoms with van der Waals surface area (Å²) >= 11 is 0. The molecular weight excluding hydrogens is 222 g/mol. The van der Waals surface area contributed by atoms with Gasteiger partial charge in [-0.1, -0.05) is 0 Å². The first-order valence-electron chi connectivity index (χ1n) is 5.43. The monoisotopic (exact) mass is 237 g/mol. The van der Waals surface area contributed by atoms with Gasteiger partial charge in [0.15, 0.2) is 0 Å². The van der Waals surface area contributed by atoms with E-state index in [2.05, 4.69) is 0 Å². The largest absolute Gasteiger partial charge is 0.497 e. The van der Waals surface area contributed by atoms with Crippen molar-refractivity contribution in [3.8, 4) is 11.5 Å². The summed E-state index contributed by atoms with van der Waals surface area (Å²) in [7, 11) is 3.09. The van der Waals surface area contributed by atoms with Crippen molar-refractivity contribution in [2.45, 2.75) is 6.42 Å². The molecule has 0 radical (unpaired) electrons. The number of carbonyl (C=O) groups excluding carboxylic acids is 1. The van der Waals surface area contributed by atoms with E-state index in [4.69, 9.17) is 14.3 Å². The van der Waals surface area contributed by atoms with Crippen LogP contribution in [0.15, 0.2) is 18.2 Å². The van der Waals surface area contributed by atoms with Crippen LogP contribution in [0.1, 0.15) is 16.8 Å². The molecule has 0 aromatic heterocycles. The lowest BCUT2D eigenvalue weighted by Crippen LogP contribution is -2.26. The van der Waals surface area contributed by atoms with E-state index < -0.39 is 0 Å². The second-order valence-electron chi connectivity index (χ2n) is 3.66. The molecule has 0 atom stereocenters. The highest BCUT2D eigenvalue weighted by molar-refractivity contribution is 5.96. The van der Waals surface area contributed by atoms with Gasteiger partial charge in [0, 0.05) is 6.07 Å². The zero-order chi connectivity index (χ0) is 12.3. The number of amides is 1. The van der Waals surface area contributed by atoms with Crippen LogP contribution in [0, 0.1) is 0 Å². The summed E-state index contributed by atoms with van der Waals surface area (Å²) in [4.78, 5) is 17.3. The predicted octanol–water partition coefficient (Wildman–Crippen LogP) is 1.48. The van der Waals surface area contributed by atoms with Crippen molar-refractivity contribution in [3.63, 3.8) is 0 Å². The fraction of sp³-hybridized carbons (Fsp3) is 0.417. The van der Waals surface area contributed by atoms with Crippen molar-refractivity contribution in [2.24, 2.45) is 0 Å². The van der Waals surface area contributed by atoms with Gasteiger partial charge in [-0.25, -0.2) is 5.06 Å². The van der Waals surface area contributed by atoms with Gasteiger partial charge in [-0.2, -0.15) is 0 Å². The standard InChI is InChI=1S/C12H15NO4/c1-15-9-4-5-10(11(8-9)16-2)12(14)13-6-3-7-17-13/h4-5,8H,3,6-7H2,1-2H3. The Morgan fingerprint density at radius 2 is 2.18 bits per heavy atom. The first-order chi connectivity index (χ1) is 8.26. The maximum absolute atomic E-state index is 12.1. The molecule has 0 saturated carbocycles. The average molecular weight is 237 g/mol. The molecule has 5 heteroatoms. The third-order valence-electron chi connectivity index (χ3n) is 2.62. The van der Waals surface area contributed by atoms with E-state index in [0.29, 0.717) is 30.2 Å². The van der Waals surface area contributed by atoms with Crippen molar-refractivity contribution in [1.29, 1.82) is 0 Å². The van der Waals surface area contributed by atoms with Crippen molar-refractivity contribution < 1.29 is 19.1 Å². The van der Waals surface area contributed by atoms with E-state index in [1.165, 1.54) is 12.2 Å². The van der Waals surface area contributed by atoms with Crippen LogP contribution in [-0.2, 0) is 4.84 Å². The Labute approximate surface area is 99.8 Å². The maximum atomic E-state index is 12.1. The minimum Gasteiger partial charge on any atom is -0.497 e. The van der Waals surface area contributed by atoms with Gasteiger partial charge in [-0.05, 0) is 18.6 Å². The molecular formula is C12H15NO4. The summed E-state index contributed by atoms with van der Waals surface area (Å²) < 4.78 is 10.3. The SMILES string of the molecule is COc1ccc(C(=O)N2CCCO2)c(OC)c1. The van der Waals surface area contributed by atoms with Crippen LogP contribution in [0.2, 0.25) is 0 Å². The third-order valence-corrected chi connectivity index (χ3v) is 2.62. The lowest BCUT2D eigenvalue weighted by Gasteiger charge is -2.16. The molecule has 1 amide bonds. The van der Waals surface area contributed by atoms with Crippen LogP contribution < -0.4 is 9.47 Å². The van der Waals surface area contributed by atoms with Crippen LogP contribution in [0.5, 0.6) is 11.5 Å². The van der Waals surface area contributed by atoms with E-state index in [-0.39, 0.29) is 5.91 Å². The second kappa shape index (κ2) is 5.05. The van der Waals surface area contributed by atoms with Gasteiger partial charge in [0.1, 0.15) is 11.5 Å². The summed E-state index contributed by atoms with van der Waals surface area (Å²) in [5.74, 6) is 0.965. The minimum absolute atomic E-state index is 0.179. The maximum Gasteiger partial charge on any atom is 0.281 e. The molecule has 2 rings (SSSR count). The van der Waals surface area contributed by atoms with E-state index in [1.807, 2.05) is 0 Å². The van der Waals surface area contributed by atoms with Gasteiger partial charge in [0.05, 0.1) is 32.9 Å². The van der Waals surface area contributed by atoms with Gasteiger partial charge in [-0.3, -0.25) is 9.63 Å². The molecule has 1 heterocycles. The van der Waals surface area contributed by atoms with Crippen molar-refractivity contribution >= 4 is 5.91 Å². The summed E-state index contributed by atoms with van der Waals surface area (Å²) in [5, 5.41) is 1.37. The summed E-state index contributed by atoms with van der Waals surface area (Å²) in [6, 6.07) is 5.09. The number of hydrogen-bond donors (Lipinski definition) is 0. The molecule has 0 aliphatic carbocycles. The fourth-order valence-electron chi connectivity index (χ4n) is 1.72. The van der Waals surface area contributed by atoms with E-state index in [9.17, 15) is 4.79 Å². The summed E-state index contributed by atoms with van der Waals surface area (Å²) in [6.45, 7) is 1.21. The Bertz CT molecular complexity index is 413. The Morgan fingerprint density at radius 1 is 1.35 bits per heavy atom. The van der Waals surface area contributed by atoms with Gasteiger partial charge in [-0.15, -0.1) is 0 Å². The summed E-state index contributed by atoms with van der Waals surface area (Å²) in [5.41, 5.74) is 0.482. The number of ether oxygens (including phenoxy) is 2. The Hall–Kier alpha value is -1.75. The van der Waals surface area contributed by atoms with Crippen molar-refractivity contribution in [3.05, 3.63) is 23.8 Å². The Morgan fingerprint density at radius 3 is 2.76 bits per heavy atom. The van der Waals surface area contributed by atoms with Crippen LogP contribution in [-0.4, -0.2) is 38.3 Å². The topological polar surface area (TPSA) is 48.0 Å². The minimum atomic E-state index is -0.179. The number of benzene rings is 1. The quantitative estimate of drug-likeness (QED) is 0.799. The highest BCUT2D eigenvalue weighted by Crippen LogP contribution is 2.26. The molecule has 0 bridgehead atoms. The number of rotatable bonds is 3. The molecule has 1 aliphatic heterocycles. The smallest absolute Gasteiger partial charge is 0.281 e. The van der Waals surface area contributed by atoms with Crippen molar-refractivity contribution in [2.75, 3.05) is 27.4 Å². The number of carbonyl (C=O) groups is 1. The Kier molecular flexibility index (Phi) is 3.49. The zero-order valence-electron chi connectivity index (χ0n) is 9.93. The zero-order valence-corrected chi connectivity index (χ0v) is 9.93. The van der Waals surface area contributed by atoms with E-state index >= 15 is 0 Å². The number of nitrogens with zero attached hydrogens (tertiary/aromatic N) is 1. The van der Waals surface area contributed by atoms with Crippen LogP contribution >= 0.6 is 0 Å². The molecule has 1 saturated heterocycles. The van der Waals surface area contributed by atoms with Gasteiger partial charge in [0.2, 0.25) is 0 Å². The van der Waals surface area contributed by atoms with Gasteiger partial charge >= 0.3 is 0 Å². The first-order valence-corrected chi connectivity index (χ1v) is 5.43.